The van der Waals surface area contributed by atoms with Crippen LogP contribution in [0, 0.1) is 0 Å². The zero-order valence-electron chi connectivity index (χ0n) is 22.9. The Labute approximate surface area is 238 Å². The molecule has 0 radical (unpaired) electrons. The molecule has 0 saturated carbocycles. The van der Waals surface area contributed by atoms with E-state index in [4.69, 9.17) is 23.7 Å². The van der Waals surface area contributed by atoms with Crippen LogP contribution in [0.15, 0.2) is 72.8 Å². The first-order valence-electron chi connectivity index (χ1n) is 13.8. The van der Waals surface area contributed by atoms with Gasteiger partial charge in [-0.15, -0.1) is 0 Å². The maximum atomic E-state index is 12.6. The fourth-order valence-corrected chi connectivity index (χ4v) is 4.72. The van der Waals surface area contributed by atoms with Gasteiger partial charge in [0, 0.05) is 24.2 Å². The molecule has 0 aromatic heterocycles. The predicted molar refractivity (Wildman–Crippen MR) is 156 cm³/mol. The van der Waals surface area contributed by atoms with Crippen LogP contribution in [0.5, 0.6) is 11.5 Å². The third-order valence-electron chi connectivity index (χ3n) is 6.63. The highest BCUT2D eigenvalue weighted by Gasteiger charge is 2.20. The summed E-state index contributed by atoms with van der Waals surface area (Å²) in [4.78, 5) is 25.3. The van der Waals surface area contributed by atoms with Crippen molar-refractivity contribution in [1.82, 2.24) is 10.6 Å². The highest BCUT2D eigenvalue weighted by atomic mass is 16.5. The Morgan fingerprint density at radius 2 is 0.902 bits per heavy atom. The van der Waals surface area contributed by atoms with E-state index in [9.17, 15) is 9.59 Å². The topological polar surface area (TPSA) is 104 Å². The molecule has 4 aromatic rings. The van der Waals surface area contributed by atoms with Gasteiger partial charge >= 0.3 is 0 Å². The van der Waals surface area contributed by atoms with Gasteiger partial charge in [-0.05, 0) is 33.7 Å². The van der Waals surface area contributed by atoms with Gasteiger partial charge in [-0.25, -0.2) is 0 Å². The zero-order chi connectivity index (χ0) is 28.3. The fraction of sp³-hybridized carbons (Fsp3) is 0.312. The number of hydrogen-bond acceptors (Lipinski definition) is 7. The molecule has 5 rings (SSSR count). The van der Waals surface area contributed by atoms with Gasteiger partial charge in [0.15, 0.2) is 13.2 Å². The number of benzene rings is 4. The Kier molecular flexibility index (Phi) is 9.99. The molecular formula is C32H34N2O7. The maximum Gasteiger partial charge on any atom is 0.258 e. The molecule has 9 nitrogen and oxygen atoms in total. The van der Waals surface area contributed by atoms with Gasteiger partial charge in [0.25, 0.3) is 11.8 Å². The monoisotopic (exact) mass is 558 g/mol. The van der Waals surface area contributed by atoms with Crippen molar-refractivity contribution in [2.75, 3.05) is 65.9 Å². The Morgan fingerprint density at radius 3 is 1.37 bits per heavy atom. The number of carbonyl (C=O) groups is 2. The second kappa shape index (κ2) is 14.5. The Balaban J connectivity index is 1.51. The number of nitrogens with one attached hydrogen (secondary N) is 2. The van der Waals surface area contributed by atoms with Crippen molar-refractivity contribution in [3.63, 3.8) is 0 Å². The number of amides is 2. The van der Waals surface area contributed by atoms with Gasteiger partial charge in [0.2, 0.25) is 0 Å². The van der Waals surface area contributed by atoms with Crippen LogP contribution in [-0.4, -0.2) is 77.8 Å². The van der Waals surface area contributed by atoms with Crippen molar-refractivity contribution in [2.24, 2.45) is 0 Å². The Bertz CT molecular complexity index is 1380. The summed E-state index contributed by atoms with van der Waals surface area (Å²) in [5.74, 6) is 0.554. The molecule has 0 unspecified atom stereocenters. The van der Waals surface area contributed by atoms with E-state index in [1.807, 2.05) is 72.8 Å². The van der Waals surface area contributed by atoms with E-state index in [1.54, 1.807) is 0 Å². The summed E-state index contributed by atoms with van der Waals surface area (Å²) in [7, 11) is 0. The van der Waals surface area contributed by atoms with Crippen molar-refractivity contribution in [1.29, 1.82) is 0 Å². The standard InChI is InChI=1S/C32H34N2O7/c35-29-21-40-27-11-9-23-5-1-3-7-25(23)31(27)32-26-8-4-2-6-24(26)10-12-28(32)41-22-30(36)34-14-16-38-18-20-39-19-17-37-15-13-33-29/h1-12H,13-22H2,(H,33,35)(H,34,36). The van der Waals surface area contributed by atoms with Gasteiger partial charge in [-0.1, -0.05) is 60.7 Å². The lowest BCUT2D eigenvalue weighted by Crippen LogP contribution is -2.32. The molecule has 41 heavy (non-hydrogen) atoms. The molecule has 4 aromatic carbocycles. The average molecular weight is 559 g/mol. The molecule has 0 atom stereocenters. The fourth-order valence-electron chi connectivity index (χ4n) is 4.72. The molecule has 2 N–H and O–H groups in total. The summed E-state index contributed by atoms with van der Waals surface area (Å²) in [6.07, 6.45) is 0. The van der Waals surface area contributed by atoms with Crippen molar-refractivity contribution in [3.05, 3.63) is 72.8 Å². The molecule has 0 saturated heterocycles. The van der Waals surface area contributed by atoms with Gasteiger partial charge in [0.05, 0.1) is 39.6 Å². The minimum absolute atomic E-state index is 0.169. The summed E-state index contributed by atoms with van der Waals surface area (Å²) >= 11 is 0. The second-order valence-corrected chi connectivity index (χ2v) is 9.43. The van der Waals surface area contributed by atoms with Crippen LogP contribution in [0.3, 0.4) is 0 Å². The largest absolute Gasteiger partial charge is 0.483 e. The summed E-state index contributed by atoms with van der Waals surface area (Å²) in [5, 5.41) is 9.56. The molecule has 1 aliphatic rings. The highest BCUT2D eigenvalue weighted by molar-refractivity contribution is 6.09. The molecule has 9 heteroatoms. The molecule has 2 amide bonds. The molecular weight excluding hydrogens is 524 g/mol. The van der Waals surface area contributed by atoms with E-state index < -0.39 is 0 Å². The lowest BCUT2D eigenvalue weighted by atomic mass is 9.92. The molecule has 0 spiro atoms. The van der Waals surface area contributed by atoms with E-state index in [-0.39, 0.29) is 25.0 Å². The number of hydrogen-bond donors (Lipinski definition) is 2. The first-order chi connectivity index (χ1) is 20.2. The third kappa shape index (κ3) is 7.52. The van der Waals surface area contributed by atoms with E-state index in [2.05, 4.69) is 10.6 Å². The lowest BCUT2D eigenvalue weighted by molar-refractivity contribution is -0.124. The van der Waals surface area contributed by atoms with Crippen molar-refractivity contribution < 1.29 is 33.3 Å². The van der Waals surface area contributed by atoms with Crippen LogP contribution in [0.2, 0.25) is 0 Å². The SMILES string of the molecule is O=C1COc2ccc3ccccc3c2-c2c(ccc3ccccc23)OCC(=O)NCCOCCOCCOCCN1. The Hall–Kier alpha value is -4.18. The van der Waals surface area contributed by atoms with Crippen LogP contribution in [0.25, 0.3) is 32.7 Å². The van der Waals surface area contributed by atoms with Gasteiger partial charge in [0.1, 0.15) is 11.5 Å². The summed E-state index contributed by atoms with van der Waals surface area (Å²) in [6, 6.07) is 23.6. The number of carbonyl (C=O) groups excluding carboxylic acids is 2. The van der Waals surface area contributed by atoms with E-state index in [0.29, 0.717) is 64.2 Å². The summed E-state index contributed by atoms with van der Waals surface area (Å²) < 4.78 is 28.8. The molecule has 1 aliphatic heterocycles. The van der Waals surface area contributed by atoms with E-state index >= 15 is 0 Å². The molecule has 1 heterocycles. The van der Waals surface area contributed by atoms with Crippen molar-refractivity contribution >= 4 is 33.4 Å². The molecule has 214 valence electrons. The van der Waals surface area contributed by atoms with Crippen LogP contribution >= 0.6 is 0 Å². The van der Waals surface area contributed by atoms with Gasteiger partial charge < -0.3 is 34.3 Å². The molecule has 0 fully saturated rings. The minimum atomic E-state index is -0.259. The van der Waals surface area contributed by atoms with Crippen molar-refractivity contribution in [3.8, 4) is 22.6 Å². The molecule has 0 aliphatic carbocycles. The van der Waals surface area contributed by atoms with Crippen LogP contribution in [-0.2, 0) is 23.8 Å². The normalized spacial score (nSPS) is 16.9. The predicted octanol–water partition coefficient (Wildman–Crippen LogP) is 3.71. The molecule has 0 bridgehead atoms. The lowest BCUT2D eigenvalue weighted by Gasteiger charge is -2.19. The van der Waals surface area contributed by atoms with Crippen LogP contribution in [0.4, 0.5) is 0 Å². The number of fused-ring (bicyclic) bond motifs is 7. The number of ether oxygens (including phenoxy) is 5. The quantitative estimate of drug-likeness (QED) is 0.339. The van der Waals surface area contributed by atoms with Gasteiger partial charge in [-0.2, -0.15) is 0 Å². The number of rotatable bonds is 0. The smallest absolute Gasteiger partial charge is 0.258 e. The summed E-state index contributed by atoms with van der Waals surface area (Å²) in [6.45, 7) is 2.79. The summed E-state index contributed by atoms with van der Waals surface area (Å²) in [5.41, 5.74) is 1.58. The third-order valence-corrected chi connectivity index (χ3v) is 6.63. The van der Waals surface area contributed by atoms with Crippen LogP contribution < -0.4 is 20.1 Å². The van der Waals surface area contributed by atoms with Gasteiger partial charge in [-0.3, -0.25) is 9.59 Å². The Morgan fingerprint density at radius 1 is 0.488 bits per heavy atom. The minimum Gasteiger partial charge on any atom is -0.483 e. The highest BCUT2D eigenvalue weighted by Crippen LogP contribution is 2.45. The first-order valence-corrected chi connectivity index (χ1v) is 13.8. The van der Waals surface area contributed by atoms with E-state index in [1.165, 1.54) is 0 Å². The van der Waals surface area contributed by atoms with Crippen LogP contribution in [0.1, 0.15) is 0 Å². The van der Waals surface area contributed by atoms with Crippen molar-refractivity contribution in [2.45, 2.75) is 0 Å². The average Bonchev–Trinajstić information content (AvgIpc) is 3.00. The zero-order valence-corrected chi connectivity index (χ0v) is 22.9. The maximum absolute atomic E-state index is 12.6. The second-order valence-electron chi connectivity index (χ2n) is 9.43. The first kappa shape index (κ1) is 28.4. The van der Waals surface area contributed by atoms with E-state index in [0.717, 1.165) is 32.7 Å².